The van der Waals surface area contributed by atoms with E-state index < -0.39 is 0 Å². The largest absolute Gasteiger partial charge is 0.482 e. The number of nitrogens with zero attached hydrogens (tertiary/aromatic N) is 1. The predicted molar refractivity (Wildman–Crippen MR) is 103 cm³/mol. The van der Waals surface area contributed by atoms with Gasteiger partial charge in [-0.15, -0.1) is 0 Å². The maximum atomic E-state index is 12.4. The number of ketones is 1. The zero-order valence-corrected chi connectivity index (χ0v) is 14.8. The number of amides is 1. The number of allylic oxidation sites excluding steroid dienone is 1. The van der Waals surface area contributed by atoms with Crippen molar-refractivity contribution < 1.29 is 19.1 Å². The molecule has 27 heavy (non-hydrogen) atoms. The molecule has 0 spiro atoms. The van der Waals surface area contributed by atoms with Gasteiger partial charge in [0.25, 0.3) is 5.91 Å². The average Bonchev–Trinajstić information content (AvgIpc) is 2.72. The summed E-state index contributed by atoms with van der Waals surface area (Å²) in [6.07, 6.45) is 3.33. The Morgan fingerprint density at radius 2 is 1.85 bits per heavy atom. The highest BCUT2D eigenvalue weighted by Gasteiger charge is 2.17. The second-order valence-electron chi connectivity index (χ2n) is 6.44. The summed E-state index contributed by atoms with van der Waals surface area (Å²) in [6.45, 7) is 3.30. The van der Waals surface area contributed by atoms with E-state index in [-0.39, 0.29) is 18.3 Å². The summed E-state index contributed by atoms with van der Waals surface area (Å²) in [5.41, 5.74) is 3.14. The fourth-order valence-electron chi connectivity index (χ4n) is 3.12. The third-order valence-corrected chi connectivity index (χ3v) is 4.59. The lowest BCUT2D eigenvalue weighted by Crippen LogP contribution is -2.36. The fraction of sp³-hybridized carbons (Fsp3) is 0.238. The van der Waals surface area contributed by atoms with Gasteiger partial charge in [0.2, 0.25) is 0 Å². The number of benzene rings is 2. The quantitative estimate of drug-likeness (QED) is 0.667. The summed E-state index contributed by atoms with van der Waals surface area (Å²) in [4.78, 5) is 26.1. The predicted octanol–water partition coefficient (Wildman–Crippen LogP) is 2.75. The minimum Gasteiger partial charge on any atom is -0.482 e. The maximum Gasteiger partial charge on any atom is 0.262 e. The van der Waals surface area contributed by atoms with E-state index in [4.69, 9.17) is 9.47 Å². The molecule has 2 aliphatic rings. The lowest BCUT2D eigenvalue weighted by Gasteiger charge is -2.28. The highest BCUT2D eigenvalue weighted by molar-refractivity contribution is 6.08. The van der Waals surface area contributed by atoms with Gasteiger partial charge in [-0.25, -0.2) is 0 Å². The number of anilines is 2. The van der Waals surface area contributed by atoms with Gasteiger partial charge >= 0.3 is 0 Å². The number of nitrogens with one attached hydrogen (secondary N) is 1. The van der Waals surface area contributed by atoms with Crippen LogP contribution < -0.4 is 15.0 Å². The lowest BCUT2D eigenvalue weighted by molar-refractivity contribution is -0.118. The van der Waals surface area contributed by atoms with Crippen LogP contribution >= 0.6 is 0 Å². The van der Waals surface area contributed by atoms with Crippen molar-refractivity contribution in [3.05, 3.63) is 59.7 Å². The minimum atomic E-state index is -0.219. The number of hydrogen-bond donors (Lipinski definition) is 1. The molecule has 1 amide bonds. The molecule has 0 radical (unpaired) electrons. The number of carbonyl (C=O) groups excluding carboxylic acids is 2. The Labute approximate surface area is 157 Å². The van der Waals surface area contributed by atoms with Crippen LogP contribution in [0.3, 0.4) is 0 Å². The first-order chi connectivity index (χ1) is 13.2. The summed E-state index contributed by atoms with van der Waals surface area (Å²) >= 11 is 0. The monoisotopic (exact) mass is 364 g/mol. The molecule has 1 fully saturated rings. The molecule has 2 aliphatic heterocycles. The van der Waals surface area contributed by atoms with E-state index in [2.05, 4.69) is 22.3 Å². The van der Waals surface area contributed by atoms with Crippen LogP contribution in [0.25, 0.3) is 6.08 Å². The zero-order chi connectivity index (χ0) is 18.6. The normalized spacial score (nSPS) is 16.6. The van der Waals surface area contributed by atoms with E-state index in [1.54, 1.807) is 24.3 Å². The van der Waals surface area contributed by atoms with Crippen molar-refractivity contribution in [2.75, 3.05) is 43.1 Å². The van der Waals surface area contributed by atoms with Crippen molar-refractivity contribution in [2.45, 2.75) is 0 Å². The van der Waals surface area contributed by atoms with E-state index in [0.717, 1.165) is 37.6 Å². The van der Waals surface area contributed by atoms with E-state index in [9.17, 15) is 9.59 Å². The molecule has 0 aliphatic carbocycles. The van der Waals surface area contributed by atoms with Crippen LogP contribution in [-0.4, -0.2) is 44.6 Å². The first kappa shape index (κ1) is 17.3. The molecule has 138 valence electrons. The van der Waals surface area contributed by atoms with Gasteiger partial charge in [0.05, 0.1) is 18.9 Å². The van der Waals surface area contributed by atoms with E-state index in [0.29, 0.717) is 17.0 Å². The van der Waals surface area contributed by atoms with Gasteiger partial charge in [-0.2, -0.15) is 0 Å². The number of carbonyl (C=O) groups is 2. The lowest BCUT2D eigenvalue weighted by atomic mass is 10.1. The third-order valence-electron chi connectivity index (χ3n) is 4.59. The minimum absolute atomic E-state index is 0.000639. The van der Waals surface area contributed by atoms with Crippen LogP contribution in [-0.2, 0) is 9.53 Å². The summed E-state index contributed by atoms with van der Waals surface area (Å²) in [5.74, 6) is 0.228. The SMILES string of the molecule is O=C1COc2ccc(C(=O)C=Cc3ccc(N4CCOCC4)cc3)cc2N1. The summed E-state index contributed by atoms with van der Waals surface area (Å²) < 4.78 is 10.7. The molecule has 1 saturated heterocycles. The Kier molecular flexibility index (Phi) is 4.89. The van der Waals surface area contributed by atoms with Crippen LogP contribution in [0, 0.1) is 0 Å². The molecule has 2 aromatic rings. The molecule has 0 saturated carbocycles. The molecule has 0 aromatic heterocycles. The first-order valence-corrected chi connectivity index (χ1v) is 8.91. The molecule has 2 heterocycles. The Balaban J connectivity index is 1.44. The number of fused-ring (bicyclic) bond motifs is 1. The zero-order valence-electron chi connectivity index (χ0n) is 14.8. The van der Waals surface area contributed by atoms with Crippen LogP contribution in [0.2, 0.25) is 0 Å². The van der Waals surface area contributed by atoms with Gasteiger partial charge in [0.15, 0.2) is 12.4 Å². The molecular weight excluding hydrogens is 344 g/mol. The number of ether oxygens (including phenoxy) is 2. The van der Waals surface area contributed by atoms with Gasteiger partial charge in [-0.05, 0) is 42.0 Å². The Morgan fingerprint density at radius 3 is 2.63 bits per heavy atom. The van der Waals surface area contributed by atoms with Crippen LogP contribution in [0.5, 0.6) is 5.75 Å². The molecule has 2 aromatic carbocycles. The van der Waals surface area contributed by atoms with E-state index in [1.165, 1.54) is 6.08 Å². The van der Waals surface area contributed by atoms with Gasteiger partial charge in [0, 0.05) is 24.3 Å². The Hall–Kier alpha value is -3.12. The van der Waals surface area contributed by atoms with E-state index in [1.807, 2.05) is 12.1 Å². The van der Waals surface area contributed by atoms with E-state index >= 15 is 0 Å². The first-order valence-electron chi connectivity index (χ1n) is 8.91. The van der Waals surface area contributed by atoms with Crippen LogP contribution in [0.15, 0.2) is 48.5 Å². The molecular formula is C21H20N2O4. The second kappa shape index (κ2) is 7.63. The summed E-state index contributed by atoms with van der Waals surface area (Å²) in [6, 6.07) is 13.1. The molecule has 4 rings (SSSR count). The molecule has 0 unspecified atom stereocenters. The highest BCUT2D eigenvalue weighted by Crippen LogP contribution is 2.28. The van der Waals surface area contributed by atoms with Crippen molar-refractivity contribution in [3.63, 3.8) is 0 Å². The van der Waals surface area contributed by atoms with Gasteiger partial charge in [-0.3, -0.25) is 9.59 Å². The molecule has 0 bridgehead atoms. The van der Waals surface area contributed by atoms with Crippen molar-refractivity contribution in [3.8, 4) is 5.75 Å². The van der Waals surface area contributed by atoms with Crippen molar-refractivity contribution in [1.29, 1.82) is 0 Å². The Morgan fingerprint density at radius 1 is 1.07 bits per heavy atom. The van der Waals surface area contributed by atoms with Gasteiger partial charge in [-0.1, -0.05) is 18.2 Å². The van der Waals surface area contributed by atoms with Gasteiger partial charge in [0.1, 0.15) is 5.75 Å². The summed E-state index contributed by atoms with van der Waals surface area (Å²) in [5, 5.41) is 2.71. The van der Waals surface area contributed by atoms with Crippen molar-refractivity contribution >= 4 is 29.1 Å². The molecule has 6 nitrogen and oxygen atoms in total. The summed E-state index contributed by atoms with van der Waals surface area (Å²) in [7, 11) is 0. The standard InChI is InChI=1S/C21H20N2O4/c24-19(16-4-8-20-18(13-16)22-21(25)14-27-20)7-3-15-1-5-17(6-2-15)23-9-11-26-12-10-23/h1-8,13H,9-12,14H2,(H,22,25). The molecule has 0 atom stereocenters. The maximum absolute atomic E-state index is 12.4. The van der Waals surface area contributed by atoms with Crippen molar-refractivity contribution in [1.82, 2.24) is 0 Å². The van der Waals surface area contributed by atoms with Crippen LogP contribution in [0.1, 0.15) is 15.9 Å². The number of morpholine rings is 1. The number of rotatable bonds is 4. The highest BCUT2D eigenvalue weighted by atomic mass is 16.5. The average molecular weight is 364 g/mol. The Bertz CT molecular complexity index is 884. The second-order valence-corrected chi connectivity index (χ2v) is 6.44. The molecule has 1 N–H and O–H groups in total. The number of hydrogen-bond acceptors (Lipinski definition) is 5. The topological polar surface area (TPSA) is 67.9 Å². The van der Waals surface area contributed by atoms with Gasteiger partial charge < -0.3 is 19.7 Å². The van der Waals surface area contributed by atoms with Crippen LogP contribution in [0.4, 0.5) is 11.4 Å². The fourth-order valence-corrected chi connectivity index (χ4v) is 3.12. The van der Waals surface area contributed by atoms with Crippen molar-refractivity contribution in [2.24, 2.45) is 0 Å². The molecule has 6 heteroatoms. The third kappa shape index (κ3) is 4.01. The smallest absolute Gasteiger partial charge is 0.262 e.